The summed E-state index contributed by atoms with van der Waals surface area (Å²) in [7, 11) is 0. The highest BCUT2D eigenvalue weighted by molar-refractivity contribution is 6.42. The molecule has 1 heterocycles. The molecule has 0 spiro atoms. The van der Waals surface area contributed by atoms with Gasteiger partial charge in [-0.15, -0.1) is 0 Å². The first-order chi connectivity index (χ1) is 12.5. The number of likely N-dealkylation sites (tertiary alicyclic amines) is 1. The smallest absolute Gasteiger partial charge is 0.255 e. The van der Waals surface area contributed by atoms with Crippen LogP contribution in [0.2, 0.25) is 10.0 Å². The molecule has 0 aliphatic carbocycles. The SMILES string of the molecule is O=C(Cc1ccc(Cl)c(Cl)c1)Nc1ccccc1C(=O)N1CCCCC1. The minimum absolute atomic E-state index is 0.0323. The average molecular weight is 391 g/mol. The van der Waals surface area contributed by atoms with Crippen molar-refractivity contribution < 1.29 is 9.59 Å². The van der Waals surface area contributed by atoms with Crippen molar-refractivity contribution in [1.29, 1.82) is 0 Å². The summed E-state index contributed by atoms with van der Waals surface area (Å²) in [5.41, 5.74) is 1.82. The highest BCUT2D eigenvalue weighted by atomic mass is 35.5. The molecule has 1 fully saturated rings. The maximum absolute atomic E-state index is 12.8. The van der Waals surface area contributed by atoms with Gasteiger partial charge in [-0.3, -0.25) is 9.59 Å². The highest BCUT2D eigenvalue weighted by Crippen LogP contribution is 2.24. The maximum Gasteiger partial charge on any atom is 0.255 e. The second kappa shape index (κ2) is 8.56. The van der Waals surface area contributed by atoms with Crippen LogP contribution in [0.5, 0.6) is 0 Å². The Hall–Kier alpha value is -2.04. The molecule has 0 unspecified atom stereocenters. The number of hydrogen-bond acceptors (Lipinski definition) is 2. The number of para-hydroxylation sites is 1. The molecule has 136 valence electrons. The monoisotopic (exact) mass is 390 g/mol. The van der Waals surface area contributed by atoms with Crippen LogP contribution in [0.25, 0.3) is 0 Å². The average Bonchev–Trinajstić information content (AvgIpc) is 2.65. The Morgan fingerprint density at radius 3 is 2.42 bits per heavy atom. The number of piperidine rings is 1. The quantitative estimate of drug-likeness (QED) is 0.814. The topological polar surface area (TPSA) is 49.4 Å². The van der Waals surface area contributed by atoms with Gasteiger partial charge in [-0.2, -0.15) is 0 Å². The Morgan fingerprint density at radius 2 is 1.69 bits per heavy atom. The number of nitrogens with one attached hydrogen (secondary N) is 1. The van der Waals surface area contributed by atoms with Crippen LogP contribution < -0.4 is 5.32 Å². The van der Waals surface area contributed by atoms with Crippen molar-refractivity contribution in [1.82, 2.24) is 4.90 Å². The molecule has 0 saturated carbocycles. The Bertz CT molecular complexity index is 817. The van der Waals surface area contributed by atoms with Gasteiger partial charge in [0.1, 0.15) is 0 Å². The van der Waals surface area contributed by atoms with E-state index in [1.807, 2.05) is 17.0 Å². The summed E-state index contributed by atoms with van der Waals surface area (Å²) in [5.74, 6) is -0.238. The summed E-state index contributed by atoms with van der Waals surface area (Å²) >= 11 is 11.9. The van der Waals surface area contributed by atoms with Gasteiger partial charge < -0.3 is 10.2 Å². The van der Waals surface area contributed by atoms with E-state index in [9.17, 15) is 9.59 Å². The van der Waals surface area contributed by atoms with Gasteiger partial charge in [-0.1, -0.05) is 41.4 Å². The van der Waals surface area contributed by atoms with Crippen LogP contribution >= 0.6 is 23.2 Å². The first-order valence-electron chi connectivity index (χ1n) is 8.66. The first kappa shape index (κ1) is 18.7. The zero-order valence-electron chi connectivity index (χ0n) is 14.3. The van der Waals surface area contributed by atoms with Gasteiger partial charge >= 0.3 is 0 Å². The summed E-state index contributed by atoms with van der Waals surface area (Å²) in [4.78, 5) is 27.1. The summed E-state index contributed by atoms with van der Waals surface area (Å²) in [6.07, 6.45) is 3.37. The maximum atomic E-state index is 12.8. The number of carbonyl (C=O) groups excluding carboxylic acids is 2. The molecule has 0 aromatic heterocycles. The Labute approximate surface area is 163 Å². The zero-order valence-corrected chi connectivity index (χ0v) is 15.8. The molecule has 1 aliphatic heterocycles. The number of hydrogen-bond donors (Lipinski definition) is 1. The van der Waals surface area contributed by atoms with Crippen molar-refractivity contribution in [3.8, 4) is 0 Å². The molecule has 26 heavy (non-hydrogen) atoms. The van der Waals surface area contributed by atoms with Gasteiger partial charge in [0.25, 0.3) is 5.91 Å². The normalized spacial score (nSPS) is 14.2. The van der Waals surface area contributed by atoms with Crippen molar-refractivity contribution in [2.45, 2.75) is 25.7 Å². The van der Waals surface area contributed by atoms with Gasteiger partial charge in [0.2, 0.25) is 5.91 Å². The van der Waals surface area contributed by atoms with E-state index in [0.717, 1.165) is 37.9 Å². The van der Waals surface area contributed by atoms with Crippen molar-refractivity contribution in [3.63, 3.8) is 0 Å². The van der Waals surface area contributed by atoms with Crippen LogP contribution in [0.1, 0.15) is 35.2 Å². The second-order valence-corrected chi connectivity index (χ2v) is 7.19. The van der Waals surface area contributed by atoms with Crippen LogP contribution in [0.4, 0.5) is 5.69 Å². The molecule has 2 aromatic rings. The van der Waals surface area contributed by atoms with E-state index in [-0.39, 0.29) is 18.2 Å². The van der Waals surface area contributed by atoms with E-state index >= 15 is 0 Å². The molecule has 3 rings (SSSR count). The van der Waals surface area contributed by atoms with Gasteiger partial charge in [-0.25, -0.2) is 0 Å². The third-order valence-electron chi connectivity index (χ3n) is 4.42. The summed E-state index contributed by atoms with van der Waals surface area (Å²) < 4.78 is 0. The number of amides is 2. The van der Waals surface area contributed by atoms with Crippen molar-refractivity contribution in [3.05, 3.63) is 63.6 Å². The standard InChI is InChI=1S/C20H20Cl2N2O2/c21-16-9-8-14(12-17(16)22)13-19(25)23-18-7-3-2-6-15(18)20(26)24-10-4-1-5-11-24/h2-3,6-9,12H,1,4-5,10-11,13H2,(H,23,25). The van der Waals surface area contributed by atoms with Gasteiger partial charge in [0.05, 0.1) is 27.7 Å². The molecule has 0 radical (unpaired) electrons. The molecule has 6 heteroatoms. The molecule has 1 N–H and O–H groups in total. The molecular weight excluding hydrogens is 371 g/mol. The highest BCUT2D eigenvalue weighted by Gasteiger charge is 2.21. The minimum atomic E-state index is -0.206. The van der Waals surface area contributed by atoms with Crippen LogP contribution in [0, 0.1) is 0 Å². The molecule has 0 atom stereocenters. The van der Waals surface area contributed by atoms with E-state index in [0.29, 0.717) is 21.3 Å². The van der Waals surface area contributed by atoms with E-state index in [4.69, 9.17) is 23.2 Å². The lowest BCUT2D eigenvalue weighted by molar-refractivity contribution is -0.115. The van der Waals surface area contributed by atoms with Crippen LogP contribution in [0.15, 0.2) is 42.5 Å². The molecular formula is C20H20Cl2N2O2. The number of anilines is 1. The Morgan fingerprint density at radius 1 is 0.962 bits per heavy atom. The fraction of sp³-hybridized carbons (Fsp3) is 0.300. The van der Waals surface area contributed by atoms with Gasteiger partial charge in [0.15, 0.2) is 0 Å². The summed E-state index contributed by atoms with van der Waals surface area (Å²) in [6.45, 7) is 1.54. The molecule has 4 nitrogen and oxygen atoms in total. The molecule has 0 bridgehead atoms. The minimum Gasteiger partial charge on any atom is -0.339 e. The van der Waals surface area contributed by atoms with E-state index in [1.54, 1.807) is 30.3 Å². The Balaban J connectivity index is 1.72. The lowest BCUT2D eigenvalue weighted by Crippen LogP contribution is -2.36. The van der Waals surface area contributed by atoms with E-state index in [2.05, 4.69) is 5.32 Å². The molecule has 2 amide bonds. The summed E-state index contributed by atoms with van der Waals surface area (Å²) in [5, 5.41) is 3.72. The predicted molar refractivity (Wildman–Crippen MR) is 105 cm³/mol. The molecule has 1 saturated heterocycles. The lowest BCUT2D eigenvalue weighted by atomic mass is 10.1. The third kappa shape index (κ3) is 4.57. The fourth-order valence-electron chi connectivity index (χ4n) is 3.08. The van der Waals surface area contributed by atoms with Gasteiger partial charge in [0, 0.05) is 13.1 Å². The zero-order chi connectivity index (χ0) is 18.5. The van der Waals surface area contributed by atoms with Crippen molar-refractivity contribution >= 4 is 40.7 Å². The largest absolute Gasteiger partial charge is 0.339 e. The van der Waals surface area contributed by atoms with Crippen molar-refractivity contribution in [2.75, 3.05) is 18.4 Å². The second-order valence-electron chi connectivity index (χ2n) is 6.37. The van der Waals surface area contributed by atoms with E-state index < -0.39 is 0 Å². The number of nitrogens with zero attached hydrogens (tertiary/aromatic N) is 1. The number of rotatable bonds is 4. The van der Waals surface area contributed by atoms with Crippen LogP contribution in [-0.2, 0) is 11.2 Å². The Kier molecular flexibility index (Phi) is 6.17. The number of halogens is 2. The van der Waals surface area contributed by atoms with Crippen LogP contribution in [0.3, 0.4) is 0 Å². The number of benzene rings is 2. The summed E-state index contributed by atoms with van der Waals surface area (Å²) in [6, 6.07) is 12.2. The fourth-order valence-corrected chi connectivity index (χ4v) is 3.40. The molecule has 2 aromatic carbocycles. The van der Waals surface area contributed by atoms with Crippen molar-refractivity contribution in [2.24, 2.45) is 0 Å². The van der Waals surface area contributed by atoms with E-state index in [1.165, 1.54) is 0 Å². The van der Waals surface area contributed by atoms with Gasteiger partial charge in [-0.05, 0) is 49.1 Å². The lowest BCUT2D eigenvalue weighted by Gasteiger charge is -2.27. The van der Waals surface area contributed by atoms with Crippen LogP contribution in [-0.4, -0.2) is 29.8 Å². The number of carbonyl (C=O) groups is 2. The predicted octanol–water partition coefficient (Wildman–Crippen LogP) is 4.80. The first-order valence-corrected chi connectivity index (χ1v) is 9.42. The molecule has 1 aliphatic rings. The third-order valence-corrected chi connectivity index (χ3v) is 5.16.